The highest BCUT2D eigenvalue weighted by molar-refractivity contribution is 7.80. The van der Waals surface area contributed by atoms with Crippen molar-refractivity contribution in [2.45, 2.75) is 25.7 Å². The van der Waals surface area contributed by atoms with Crippen LogP contribution >= 0.6 is 24.4 Å². The van der Waals surface area contributed by atoms with E-state index in [1.54, 1.807) is 0 Å². The Bertz CT molecular complexity index is 870. The molecule has 0 bridgehead atoms. The van der Waals surface area contributed by atoms with Gasteiger partial charge in [-0.05, 0) is 61.5 Å². The fourth-order valence-corrected chi connectivity index (χ4v) is 3.20. The average Bonchev–Trinajstić information content (AvgIpc) is 2.88. The summed E-state index contributed by atoms with van der Waals surface area (Å²) < 4.78 is 20.8. The summed E-state index contributed by atoms with van der Waals surface area (Å²) in [6.45, 7) is 0.971. The van der Waals surface area contributed by atoms with Crippen LogP contribution in [0.3, 0.4) is 0 Å². The average molecular weight is 534 g/mol. The van der Waals surface area contributed by atoms with Crippen LogP contribution in [0.2, 0.25) is 0 Å². The maximum Gasteiger partial charge on any atom is 0.407 e. The van der Waals surface area contributed by atoms with Gasteiger partial charge < -0.3 is 34.9 Å². The molecule has 0 aliphatic heterocycles. The Labute approximate surface area is 221 Å². The lowest BCUT2D eigenvalue weighted by molar-refractivity contribution is -0.144. The quantitative estimate of drug-likeness (QED) is 0.181. The molecule has 0 spiro atoms. The third-order valence-electron chi connectivity index (χ3n) is 4.50. The molecule has 9 nitrogen and oxygen atoms in total. The zero-order valence-electron chi connectivity index (χ0n) is 19.9. The number of amides is 1. The summed E-state index contributed by atoms with van der Waals surface area (Å²) >= 11 is 10.1. The van der Waals surface area contributed by atoms with E-state index < -0.39 is 6.09 Å². The van der Waals surface area contributed by atoms with E-state index in [1.807, 2.05) is 60.7 Å². The van der Waals surface area contributed by atoms with E-state index in [-0.39, 0.29) is 42.7 Å². The maximum absolute atomic E-state index is 11.8. The molecule has 2 rings (SSSR count). The number of rotatable bonds is 14. The molecule has 0 heterocycles. The molecule has 0 atom stereocenters. The Hall–Kier alpha value is -3.44. The summed E-state index contributed by atoms with van der Waals surface area (Å²) in [5.74, 6) is -0.299. The number of ether oxygens (including phenoxy) is 4. The maximum atomic E-state index is 11.8. The predicted octanol–water partition coefficient (Wildman–Crippen LogP) is 4.64. The van der Waals surface area contributed by atoms with E-state index in [0.29, 0.717) is 25.8 Å². The molecule has 0 aromatic heterocycles. The third kappa shape index (κ3) is 14.1. The van der Waals surface area contributed by atoms with E-state index in [4.69, 9.17) is 43.4 Å². The minimum absolute atomic E-state index is 0.0744. The van der Waals surface area contributed by atoms with Crippen molar-refractivity contribution in [1.29, 1.82) is 0 Å². The number of nitrogens with one attached hydrogen (secondary N) is 3. The van der Waals surface area contributed by atoms with Crippen molar-refractivity contribution in [3.05, 3.63) is 60.7 Å². The first-order chi connectivity index (χ1) is 17.5. The molecule has 0 radical (unpaired) electrons. The van der Waals surface area contributed by atoms with Crippen molar-refractivity contribution >= 4 is 58.2 Å². The highest BCUT2D eigenvalue weighted by Gasteiger charge is 2.06. The number of anilines is 2. The van der Waals surface area contributed by atoms with Crippen molar-refractivity contribution in [1.82, 2.24) is 5.32 Å². The van der Waals surface area contributed by atoms with Gasteiger partial charge in [0.25, 0.3) is 10.3 Å². The lowest BCUT2D eigenvalue weighted by Gasteiger charge is -2.11. The summed E-state index contributed by atoms with van der Waals surface area (Å²) in [5, 5.41) is 8.94. The van der Waals surface area contributed by atoms with Crippen molar-refractivity contribution in [2.75, 3.05) is 43.6 Å². The molecule has 2 aromatic carbocycles. The molecular formula is C25H31N3O6S2. The van der Waals surface area contributed by atoms with Gasteiger partial charge in [0.1, 0.15) is 26.4 Å². The lowest BCUT2D eigenvalue weighted by Crippen LogP contribution is -2.27. The second kappa shape index (κ2) is 17.9. The standard InChI is InChI=1S/C25H31N3O6S2/c29-22(31-16-18-33-24(35)27-20-10-4-1-5-11-20)14-8-3-9-15-26-23(30)32-17-19-34-25(36)28-21-12-6-2-7-13-21/h1-2,4-7,10-13H,3,8-9,14-19H2,(H,26,30)(H,27,35)(H,28,36). The highest BCUT2D eigenvalue weighted by Crippen LogP contribution is 2.06. The molecule has 0 fully saturated rings. The Morgan fingerprint density at radius 3 is 1.69 bits per heavy atom. The van der Waals surface area contributed by atoms with E-state index in [0.717, 1.165) is 17.8 Å². The van der Waals surface area contributed by atoms with Crippen LogP contribution in [-0.4, -0.2) is 55.4 Å². The van der Waals surface area contributed by atoms with Crippen LogP contribution < -0.4 is 16.0 Å². The van der Waals surface area contributed by atoms with E-state index >= 15 is 0 Å². The van der Waals surface area contributed by atoms with Crippen molar-refractivity contribution < 1.29 is 28.5 Å². The van der Waals surface area contributed by atoms with Crippen LogP contribution in [0, 0.1) is 0 Å². The number of hydrogen-bond acceptors (Lipinski definition) is 8. The molecule has 0 aliphatic carbocycles. The van der Waals surface area contributed by atoms with Crippen molar-refractivity contribution in [3.8, 4) is 0 Å². The molecule has 0 unspecified atom stereocenters. The van der Waals surface area contributed by atoms with Gasteiger partial charge in [-0.1, -0.05) is 42.8 Å². The molecule has 0 saturated carbocycles. The van der Waals surface area contributed by atoms with Crippen molar-refractivity contribution in [3.63, 3.8) is 0 Å². The van der Waals surface area contributed by atoms with E-state index in [9.17, 15) is 9.59 Å². The SMILES string of the molecule is O=C(CCCCCNC(=O)OCCOC(=S)Nc1ccccc1)OCCOC(=S)Nc1ccccc1. The molecule has 11 heteroatoms. The summed E-state index contributed by atoms with van der Waals surface area (Å²) in [6, 6.07) is 18.8. The summed E-state index contributed by atoms with van der Waals surface area (Å²) in [7, 11) is 0. The first-order valence-electron chi connectivity index (χ1n) is 11.6. The number of unbranched alkanes of at least 4 members (excludes halogenated alkanes) is 2. The normalized spacial score (nSPS) is 10.0. The third-order valence-corrected chi connectivity index (χ3v) is 4.94. The second-order valence-electron chi connectivity index (χ2n) is 7.35. The number of benzene rings is 2. The van der Waals surface area contributed by atoms with E-state index in [2.05, 4.69) is 16.0 Å². The van der Waals surface area contributed by atoms with Gasteiger partial charge >= 0.3 is 12.1 Å². The number of thiocarbonyl (C=S) groups is 2. The smallest absolute Gasteiger partial charge is 0.407 e. The lowest BCUT2D eigenvalue weighted by atomic mass is 10.2. The topological polar surface area (TPSA) is 107 Å². The largest absolute Gasteiger partial charge is 0.467 e. The van der Waals surface area contributed by atoms with Gasteiger partial charge in [0.15, 0.2) is 0 Å². The number of carbonyl (C=O) groups excluding carboxylic acids is 2. The molecular weight excluding hydrogens is 502 g/mol. The van der Waals surface area contributed by atoms with Gasteiger partial charge in [0, 0.05) is 24.3 Å². The van der Waals surface area contributed by atoms with Gasteiger partial charge in [-0.15, -0.1) is 0 Å². The highest BCUT2D eigenvalue weighted by atomic mass is 32.1. The number of hydrogen-bond donors (Lipinski definition) is 3. The van der Waals surface area contributed by atoms with Crippen LogP contribution in [0.15, 0.2) is 60.7 Å². The van der Waals surface area contributed by atoms with Crippen LogP contribution in [0.25, 0.3) is 0 Å². The summed E-state index contributed by atoms with van der Waals surface area (Å²) in [5.41, 5.74) is 1.65. The fourth-order valence-electron chi connectivity index (χ4n) is 2.79. The second-order valence-corrected chi connectivity index (χ2v) is 8.09. The molecule has 0 aliphatic rings. The van der Waals surface area contributed by atoms with Crippen LogP contribution in [-0.2, 0) is 23.7 Å². The molecule has 194 valence electrons. The van der Waals surface area contributed by atoms with E-state index in [1.165, 1.54) is 0 Å². The number of carbonyl (C=O) groups is 2. The van der Waals surface area contributed by atoms with Gasteiger partial charge in [-0.2, -0.15) is 0 Å². The van der Waals surface area contributed by atoms with Crippen molar-refractivity contribution in [2.24, 2.45) is 0 Å². The van der Waals surface area contributed by atoms with Gasteiger partial charge in [-0.3, -0.25) is 4.79 Å². The predicted molar refractivity (Wildman–Crippen MR) is 146 cm³/mol. The van der Waals surface area contributed by atoms with Crippen LogP contribution in [0.4, 0.5) is 16.2 Å². The number of para-hydroxylation sites is 2. The summed E-state index contributed by atoms with van der Waals surface area (Å²) in [4.78, 5) is 23.5. The fraction of sp³-hybridized carbons (Fsp3) is 0.360. The Morgan fingerprint density at radius 1 is 0.639 bits per heavy atom. The van der Waals surface area contributed by atoms with Gasteiger partial charge in [0.2, 0.25) is 0 Å². The molecule has 2 aromatic rings. The zero-order chi connectivity index (χ0) is 25.8. The Balaban J connectivity index is 1.37. The monoisotopic (exact) mass is 533 g/mol. The minimum atomic E-state index is -0.528. The summed E-state index contributed by atoms with van der Waals surface area (Å²) in [6.07, 6.45) is 1.90. The first kappa shape index (κ1) is 28.8. The molecule has 0 saturated heterocycles. The first-order valence-corrected chi connectivity index (χ1v) is 12.4. The Kier molecular flexibility index (Phi) is 14.3. The number of esters is 1. The Morgan fingerprint density at radius 2 is 1.14 bits per heavy atom. The van der Waals surface area contributed by atoms with Gasteiger partial charge in [-0.25, -0.2) is 4.79 Å². The molecule has 36 heavy (non-hydrogen) atoms. The zero-order valence-corrected chi connectivity index (χ0v) is 21.5. The molecule has 1 amide bonds. The minimum Gasteiger partial charge on any atom is -0.467 e. The van der Waals surface area contributed by atoms with Crippen LogP contribution in [0.1, 0.15) is 25.7 Å². The molecule has 3 N–H and O–H groups in total. The van der Waals surface area contributed by atoms with Crippen LogP contribution in [0.5, 0.6) is 0 Å². The number of alkyl carbamates (subject to hydrolysis) is 1. The van der Waals surface area contributed by atoms with Gasteiger partial charge in [0.05, 0.1) is 0 Å².